The summed E-state index contributed by atoms with van der Waals surface area (Å²) in [5.74, 6) is 0.636. The van der Waals surface area contributed by atoms with Gasteiger partial charge >= 0.3 is 141 Å². The van der Waals surface area contributed by atoms with E-state index in [0.29, 0.717) is 11.3 Å². The molecule has 0 aromatic rings. The molecular weight excluding hydrogens is 430 g/mol. The van der Waals surface area contributed by atoms with Gasteiger partial charge in [0, 0.05) is 0 Å². The van der Waals surface area contributed by atoms with Crippen LogP contribution in [0.15, 0.2) is 41.0 Å². The van der Waals surface area contributed by atoms with Crippen molar-refractivity contribution in [2.75, 3.05) is 0 Å². The third-order valence-corrected chi connectivity index (χ3v) is 23.2. The Kier molecular flexibility index (Phi) is 7.53. The molecule has 0 heterocycles. The summed E-state index contributed by atoms with van der Waals surface area (Å²) in [6.07, 6.45) is 6.21. The van der Waals surface area contributed by atoms with Gasteiger partial charge in [-0.05, 0) is 0 Å². The summed E-state index contributed by atoms with van der Waals surface area (Å²) in [6.45, 7) is 18.9. The van der Waals surface area contributed by atoms with Gasteiger partial charge in [0.15, 0.2) is 0 Å². The van der Waals surface area contributed by atoms with Gasteiger partial charge < -0.3 is 0 Å². The van der Waals surface area contributed by atoms with Crippen LogP contribution in [-0.2, 0) is 17.4 Å². The molecule has 24 heavy (non-hydrogen) atoms. The number of rotatable bonds is 2. The molecule has 0 saturated heterocycles. The van der Waals surface area contributed by atoms with Crippen molar-refractivity contribution < 1.29 is 17.4 Å². The molecule has 2 aliphatic carbocycles. The van der Waals surface area contributed by atoms with Gasteiger partial charge in [0.2, 0.25) is 0 Å². The molecule has 138 valence electrons. The molecule has 0 aliphatic heterocycles. The summed E-state index contributed by atoms with van der Waals surface area (Å²) >= 11 is -3.04. The Hall–Kier alpha value is 0.640. The van der Waals surface area contributed by atoms with Crippen LogP contribution in [0.1, 0.15) is 54.9 Å². The molecule has 2 rings (SSSR count). The van der Waals surface area contributed by atoms with E-state index in [9.17, 15) is 0 Å². The van der Waals surface area contributed by atoms with Gasteiger partial charge in [0.05, 0.1) is 0 Å². The van der Waals surface area contributed by atoms with E-state index in [4.69, 9.17) is 0 Å². The number of allylic oxidation sites excluding steroid dienone is 8. The Bertz CT molecular complexity index is 721. The van der Waals surface area contributed by atoms with Crippen molar-refractivity contribution in [2.24, 2.45) is 11.3 Å². The van der Waals surface area contributed by atoms with Crippen LogP contribution in [0.2, 0.25) is 9.26 Å². The molecule has 2 aliphatic rings. The average Bonchev–Trinajstić information content (AvgIpc) is 2.80. The first-order valence-corrected chi connectivity index (χ1v) is 21.9. The smallest absolute Gasteiger partial charge is 0.147 e. The number of halogens is 2. The molecule has 0 spiro atoms. The summed E-state index contributed by atoms with van der Waals surface area (Å²) in [5, 5.41) is 0. The van der Waals surface area contributed by atoms with E-state index >= 15 is 0 Å². The van der Waals surface area contributed by atoms with Gasteiger partial charge in [-0.15, -0.1) is 24.8 Å². The fourth-order valence-corrected chi connectivity index (χ4v) is 23.8. The van der Waals surface area contributed by atoms with E-state index < -0.39 is 17.4 Å². The van der Waals surface area contributed by atoms with Crippen molar-refractivity contribution in [2.45, 2.75) is 64.2 Å². The molecular formula is C20H36Cl2SiZr. The normalized spacial score (nSPS) is 22.2. The van der Waals surface area contributed by atoms with Crippen LogP contribution in [0.4, 0.5) is 0 Å². The van der Waals surface area contributed by atoms with Crippen LogP contribution in [0, 0.1) is 11.3 Å². The van der Waals surface area contributed by atoms with Crippen molar-refractivity contribution in [3.8, 4) is 0 Å². The van der Waals surface area contributed by atoms with Crippen LogP contribution in [0.5, 0.6) is 0 Å². The van der Waals surface area contributed by atoms with E-state index in [1.807, 2.05) is 6.56 Å². The minimum atomic E-state index is -3.04. The van der Waals surface area contributed by atoms with Gasteiger partial charge in [-0.3, -0.25) is 0 Å². The quantitative estimate of drug-likeness (QED) is 0.398. The zero-order valence-corrected chi connectivity index (χ0v) is 22.5. The standard InChI is InChI=1S/C10H15.C8H11.2CH3.2ClH.H2Si.Zr/c1-8-5-6-9(7-8)10(2,3)4;1-6-4-7(2)8(3)5-6;;;;;;/h7H,6H2,1-4H3;4,6H,1-3H3;2*1H3;2*1H;1H2;. The third kappa shape index (κ3) is 4.13. The first-order chi connectivity index (χ1) is 9.74. The van der Waals surface area contributed by atoms with Crippen molar-refractivity contribution in [3.05, 3.63) is 41.0 Å². The van der Waals surface area contributed by atoms with Crippen LogP contribution < -0.4 is 0 Å². The van der Waals surface area contributed by atoms with Crippen molar-refractivity contribution in [3.63, 3.8) is 0 Å². The number of hydrogen-bond donors (Lipinski definition) is 0. The molecule has 0 aromatic heterocycles. The first-order valence-electron chi connectivity index (χ1n) is 8.63. The van der Waals surface area contributed by atoms with Crippen LogP contribution in [0.3, 0.4) is 0 Å². The number of hydrogen-bond acceptors (Lipinski definition) is 0. The van der Waals surface area contributed by atoms with Gasteiger partial charge in [-0.2, -0.15) is 0 Å². The van der Waals surface area contributed by atoms with Gasteiger partial charge in [0.1, 0.15) is 0 Å². The van der Waals surface area contributed by atoms with Crippen molar-refractivity contribution in [1.82, 2.24) is 0 Å². The molecule has 0 aromatic carbocycles. The minimum absolute atomic E-state index is 0. The second-order valence-electron chi connectivity index (χ2n) is 9.62. The molecule has 0 fully saturated rings. The zero-order chi connectivity index (χ0) is 17.1. The Morgan fingerprint density at radius 3 is 1.92 bits per heavy atom. The van der Waals surface area contributed by atoms with Gasteiger partial charge in [-0.25, -0.2) is 0 Å². The molecule has 0 nitrogen and oxygen atoms in total. The summed E-state index contributed by atoms with van der Waals surface area (Å²) in [4.78, 5) is 0. The van der Waals surface area contributed by atoms with Crippen molar-refractivity contribution in [1.29, 1.82) is 0 Å². The Balaban J connectivity index is 0.00000264. The molecule has 1 unspecified atom stereocenters. The second-order valence-corrected chi connectivity index (χ2v) is 38.2. The van der Waals surface area contributed by atoms with Crippen LogP contribution in [-0.4, -0.2) is 6.88 Å². The van der Waals surface area contributed by atoms with Crippen molar-refractivity contribution >= 4 is 31.7 Å². The van der Waals surface area contributed by atoms with E-state index in [2.05, 4.69) is 76.8 Å². The molecule has 0 amide bonds. The molecule has 0 bridgehead atoms. The van der Waals surface area contributed by atoms with Crippen LogP contribution in [0.25, 0.3) is 0 Å². The summed E-state index contributed by atoms with van der Waals surface area (Å²) in [5.41, 5.74) is 6.61. The minimum Gasteiger partial charge on any atom is -0.147 e. The van der Waals surface area contributed by atoms with E-state index in [1.165, 1.54) is 12.0 Å². The van der Waals surface area contributed by atoms with Gasteiger partial charge in [-0.1, -0.05) is 0 Å². The second kappa shape index (κ2) is 7.34. The Morgan fingerprint density at radius 2 is 1.58 bits per heavy atom. The summed E-state index contributed by atoms with van der Waals surface area (Å²) < 4.78 is 8.99. The maximum absolute atomic E-state index is 3.04. The van der Waals surface area contributed by atoms with Gasteiger partial charge in [0.25, 0.3) is 0 Å². The molecule has 0 saturated carbocycles. The third-order valence-electron chi connectivity index (χ3n) is 5.98. The Morgan fingerprint density at radius 1 is 1.08 bits per heavy atom. The maximum Gasteiger partial charge on any atom is -0.147 e. The predicted octanol–water partition coefficient (Wildman–Crippen LogP) is 6.68. The SMILES string of the molecule is CC1=CC(C)[C]([Zr]([CH3])([CH3])(=[SiH2])[C]2=C(C)C=C(C(C)(C)C)C2)=C1C.Cl.Cl. The van der Waals surface area contributed by atoms with Crippen LogP contribution >= 0.6 is 24.8 Å². The average molecular weight is 467 g/mol. The largest absolute Gasteiger partial charge is 0.147 e. The summed E-state index contributed by atoms with van der Waals surface area (Å²) in [6, 6.07) is 0. The molecule has 4 heteroatoms. The fourth-order valence-electron chi connectivity index (χ4n) is 4.76. The van der Waals surface area contributed by atoms with E-state index in [0.717, 1.165) is 0 Å². The van der Waals surface area contributed by atoms with E-state index in [1.54, 1.807) is 16.7 Å². The topological polar surface area (TPSA) is 0 Å². The summed E-state index contributed by atoms with van der Waals surface area (Å²) in [7, 11) is 0. The monoisotopic (exact) mass is 464 g/mol. The Labute approximate surface area is 164 Å². The molecule has 0 N–H and O–H groups in total. The zero-order valence-electron chi connectivity index (χ0n) is 17.0. The van der Waals surface area contributed by atoms with E-state index in [-0.39, 0.29) is 24.8 Å². The maximum atomic E-state index is 2.67. The molecule has 0 radical (unpaired) electrons. The molecule has 1 atom stereocenters. The fraction of sp³-hybridized carbons (Fsp3) is 0.600. The first kappa shape index (κ1) is 24.6. The predicted molar refractivity (Wildman–Crippen MR) is 115 cm³/mol.